The van der Waals surface area contributed by atoms with Gasteiger partial charge in [0.15, 0.2) is 5.65 Å². The summed E-state index contributed by atoms with van der Waals surface area (Å²) in [5.74, 6) is 3.76. The Morgan fingerprint density at radius 1 is 0.805 bits per heavy atom. The summed E-state index contributed by atoms with van der Waals surface area (Å²) in [6, 6.07) is 18.1. The molecule has 0 saturated carbocycles. The molecule has 3 fully saturated rings. The van der Waals surface area contributed by atoms with Gasteiger partial charge in [-0.2, -0.15) is 5.10 Å². The van der Waals surface area contributed by atoms with E-state index in [2.05, 4.69) is 29.8 Å². The highest BCUT2D eigenvalue weighted by atomic mass is 16.5. The van der Waals surface area contributed by atoms with Gasteiger partial charge in [0, 0.05) is 44.8 Å². The number of nitrogens with two attached hydrogens (primary N) is 1. The molecule has 2 aromatic heterocycles. The minimum Gasteiger partial charge on any atom is -0.457 e. The van der Waals surface area contributed by atoms with Gasteiger partial charge in [0.1, 0.15) is 29.3 Å². The lowest BCUT2D eigenvalue weighted by atomic mass is 9.92. The number of aromatic nitrogens is 4. The molecule has 7 rings (SSSR count). The maximum atomic E-state index is 6.39. The zero-order chi connectivity index (χ0) is 27.6. The van der Waals surface area contributed by atoms with Gasteiger partial charge >= 0.3 is 0 Å². The van der Waals surface area contributed by atoms with E-state index in [9.17, 15) is 0 Å². The van der Waals surface area contributed by atoms with Gasteiger partial charge in [-0.1, -0.05) is 18.2 Å². The highest BCUT2D eigenvalue weighted by Crippen LogP contribution is 2.35. The summed E-state index contributed by atoms with van der Waals surface area (Å²) in [5, 5.41) is 9.41. The minimum absolute atomic E-state index is 0.301. The zero-order valence-corrected chi connectivity index (χ0v) is 23.7. The number of hydrogen-bond acceptors (Lipinski definition) is 8. The average Bonchev–Trinajstić information content (AvgIpc) is 3.39. The van der Waals surface area contributed by atoms with Crippen molar-refractivity contribution in [3.8, 4) is 22.8 Å². The van der Waals surface area contributed by atoms with E-state index < -0.39 is 0 Å². The number of para-hydroxylation sites is 1. The monoisotopic (exact) mass is 552 g/mol. The van der Waals surface area contributed by atoms with Crippen LogP contribution in [0.25, 0.3) is 22.3 Å². The molecule has 9 heteroatoms. The number of nitrogen functional groups attached to an aromatic ring is 1. The molecule has 0 amide bonds. The summed E-state index contributed by atoms with van der Waals surface area (Å²) in [7, 11) is 0. The molecule has 41 heavy (non-hydrogen) atoms. The molecule has 3 saturated heterocycles. The van der Waals surface area contributed by atoms with Crippen molar-refractivity contribution >= 4 is 16.9 Å². The van der Waals surface area contributed by atoms with Gasteiger partial charge in [-0.25, -0.2) is 14.6 Å². The first-order valence-corrected chi connectivity index (χ1v) is 15.2. The van der Waals surface area contributed by atoms with E-state index in [0.29, 0.717) is 11.9 Å². The van der Waals surface area contributed by atoms with Gasteiger partial charge in [-0.05, 0) is 87.0 Å². The van der Waals surface area contributed by atoms with Crippen LogP contribution in [0.15, 0.2) is 60.9 Å². The molecule has 0 radical (unpaired) electrons. The third kappa shape index (κ3) is 5.80. The van der Waals surface area contributed by atoms with Crippen LogP contribution >= 0.6 is 0 Å². The molecule has 0 bridgehead atoms. The van der Waals surface area contributed by atoms with Gasteiger partial charge in [-0.15, -0.1) is 0 Å². The Labute approximate surface area is 241 Å². The molecule has 9 nitrogen and oxygen atoms in total. The number of anilines is 1. The molecule has 3 aliphatic rings. The van der Waals surface area contributed by atoms with Crippen LogP contribution in [0.1, 0.15) is 31.7 Å². The van der Waals surface area contributed by atoms with Gasteiger partial charge in [0.25, 0.3) is 0 Å². The normalized spacial score (nSPS) is 19.9. The van der Waals surface area contributed by atoms with E-state index in [1.165, 1.54) is 52.1 Å². The number of likely N-dealkylation sites (tertiary alicyclic amines) is 2. The number of nitrogens with zero attached hydrogens (tertiary/aromatic N) is 6. The summed E-state index contributed by atoms with van der Waals surface area (Å²) in [4.78, 5) is 14.3. The highest BCUT2D eigenvalue weighted by molar-refractivity contribution is 5.98. The molecule has 0 spiro atoms. The van der Waals surface area contributed by atoms with Crippen molar-refractivity contribution in [2.75, 3.05) is 58.1 Å². The van der Waals surface area contributed by atoms with Crippen LogP contribution in [0.3, 0.4) is 0 Å². The van der Waals surface area contributed by atoms with Crippen molar-refractivity contribution in [3.63, 3.8) is 0 Å². The van der Waals surface area contributed by atoms with Crippen LogP contribution in [-0.4, -0.2) is 81.9 Å². The lowest BCUT2D eigenvalue weighted by molar-refractivity contribution is 0.0405. The lowest BCUT2D eigenvalue weighted by Gasteiger charge is -2.44. The number of rotatable bonds is 8. The van der Waals surface area contributed by atoms with Crippen LogP contribution < -0.4 is 15.8 Å². The van der Waals surface area contributed by atoms with Gasteiger partial charge in [0.2, 0.25) is 0 Å². The summed E-state index contributed by atoms with van der Waals surface area (Å²) < 4.78 is 8.10. The maximum Gasteiger partial charge on any atom is 0.164 e. The molecule has 3 N–H and O–H groups in total. The number of benzene rings is 2. The quantitative estimate of drug-likeness (QED) is 0.331. The van der Waals surface area contributed by atoms with Crippen LogP contribution in [0.5, 0.6) is 11.5 Å². The number of fused-ring (bicyclic) bond motifs is 1. The smallest absolute Gasteiger partial charge is 0.164 e. The van der Waals surface area contributed by atoms with Crippen molar-refractivity contribution in [2.45, 2.75) is 31.7 Å². The number of hydrogen-bond donors (Lipinski definition) is 2. The molecule has 2 aromatic carbocycles. The summed E-state index contributed by atoms with van der Waals surface area (Å²) >= 11 is 0. The molecular formula is C32H40N8O. The van der Waals surface area contributed by atoms with E-state index in [4.69, 9.17) is 15.6 Å². The Bertz CT molecular complexity index is 1440. The summed E-state index contributed by atoms with van der Waals surface area (Å²) in [6.45, 7) is 9.62. The van der Waals surface area contributed by atoms with Crippen LogP contribution in [0.4, 0.5) is 5.82 Å². The first-order valence-electron chi connectivity index (χ1n) is 15.2. The molecule has 0 aliphatic carbocycles. The fourth-order valence-corrected chi connectivity index (χ4v) is 6.84. The minimum atomic E-state index is 0.301. The molecule has 214 valence electrons. The van der Waals surface area contributed by atoms with Gasteiger partial charge in [-0.3, -0.25) is 0 Å². The Hall–Kier alpha value is -3.53. The van der Waals surface area contributed by atoms with Gasteiger partial charge < -0.3 is 25.6 Å². The average molecular weight is 553 g/mol. The second kappa shape index (κ2) is 11.8. The Kier molecular flexibility index (Phi) is 7.56. The fourth-order valence-electron chi connectivity index (χ4n) is 6.84. The first kappa shape index (κ1) is 26.4. The molecule has 0 atom stereocenters. The van der Waals surface area contributed by atoms with E-state index >= 15 is 0 Å². The summed E-state index contributed by atoms with van der Waals surface area (Å²) in [6.07, 6.45) is 6.36. The van der Waals surface area contributed by atoms with Crippen LogP contribution in [-0.2, 0) is 0 Å². The third-order valence-corrected chi connectivity index (χ3v) is 9.05. The van der Waals surface area contributed by atoms with E-state index in [1.807, 2.05) is 54.6 Å². The largest absolute Gasteiger partial charge is 0.457 e. The maximum absolute atomic E-state index is 6.39. The standard InChI is InChI=1S/C32H40N8O/c33-31-29-30(25-6-8-28(9-7-25)41-27-4-2-1-3-5-27)37-40(32(29)36-22-35-31)26-12-16-38(17-13-26)19-24-20-39(21-24)18-23-10-14-34-15-11-23/h1-9,22-24,26,34H,10-21H2,(H2,33,35,36). The van der Waals surface area contributed by atoms with Crippen LogP contribution in [0.2, 0.25) is 0 Å². The molecular weight excluding hydrogens is 512 g/mol. The molecule has 0 unspecified atom stereocenters. The molecule has 5 heterocycles. The molecule has 4 aromatic rings. The van der Waals surface area contributed by atoms with E-state index in [0.717, 1.165) is 71.6 Å². The number of ether oxygens (including phenoxy) is 1. The van der Waals surface area contributed by atoms with Crippen molar-refractivity contribution in [2.24, 2.45) is 11.8 Å². The molecule has 3 aliphatic heterocycles. The van der Waals surface area contributed by atoms with Crippen LogP contribution in [0, 0.1) is 11.8 Å². The second-order valence-corrected chi connectivity index (χ2v) is 12.0. The Balaban J connectivity index is 0.994. The third-order valence-electron chi connectivity index (χ3n) is 9.05. The predicted octanol–water partition coefficient (Wildman–Crippen LogP) is 4.44. The summed E-state index contributed by atoms with van der Waals surface area (Å²) in [5.41, 5.74) is 9.02. The fraction of sp³-hybridized carbons (Fsp3) is 0.469. The van der Waals surface area contributed by atoms with E-state index in [1.54, 1.807) is 6.33 Å². The highest BCUT2D eigenvalue weighted by Gasteiger charge is 2.32. The zero-order valence-electron chi connectivity index (χ0n) is 23.7. The first-order chi connectivity index (χ1) is 20.2. The SMILES string of the molecule is Nc1ncnc2c1c(-c1ccc(Oc3ccccc3)cc1)nn2C1CCN(CC2CN(CC3CCNCC3)C2)CC1. The lowest BCUT2D eigenvalue weighted by Crippen LogP contribution is -2.54. The van der Waals surface area contributed by atoms with Crippen molar-refractivity contribution in [1.82, 2.24) is 34.9 Å². The van der Waals surface area contributed by atoms with Crippen molar-refractivity contribution < 1.29 is 4.74 Å². The van der Waals surface area contributed by atoms with Crippen molar-refractivity contribution in [3.05, 3.63) is 60.9 Å². The Morgan fingerprint density at radius 3 is 2.27 bits per heavy atom. The second-order valence-electron chi connectivity index (χ2n) is 12.0. The predicted molar refractivity (Wildman–Crippen MR) is 162 cm³/mol. The number of nitrogens with one attached hydrogen (secondary N) is 1. The van der Waals surface area contributed by atoms with E-state index in [-0.39, 0.29) is 0 Å². The van der Waals surface area contributed by atoms with Gasteiger partial charge in [0.05, 0.1) is 11.4 Å². The van der Waals surface area contributed by atoms with Crippen molar-refractivity contribution in [1.29, 1.82) is 0 Å². The Morgan fingerprint density at radius 2 is 1.51 bits per heavy atom. The number of piperidine rings is 2. The topological polar surface area (TPSA) is 97.4 Å².